The molecule has 0 aromatic carbocycles. The minimum Gasteiger partial charge on any atom is -0.417 e. The maximum Gasteiger partial charge on any atom is 0.369 e. The van der Waals surface area contributed by atoms with Crippen LogP contribution in [0.3, 0.4) is 0 Å². The fraction of sp³-hybridized carbons (Fsp3) is 0.688. The second kappa shape index (κ2) is 6.33. The van der Waals surface area contributed by atoms with E-state index in [1.807, 2.05) is 6.92 Å². The Morgan fingerprint density at radius 1 is 1.17 bits per heavy atom. The Morgan fingerprint density at radius 2 is 1.79 bits per heavy atom. The summed E-state index contributed by atoms with van der Waals surface area (Å²) in [6, 6.07) is 0. The highest BCUT2D eigenvalue weighted by molar-refractivity contribution is 6.63. The van der Waals surface area contributed by atoms with E-state index in [0.29, 0.717) is 36.9 Å². The maximum absolute atomic E-state index is 12.2. The Bertz CT molecular complexity index is 620. The van der Waals surface area contributed by atoms with E-state index in [-0.39, 0.29) is 5.71 Å². The molecular weight excluding hydrogens is 312 g/mol. The Morgan fingerprint density at radius 3 is 2.29 bits per heavy atom. The van der Waals surface area contributed by atoms with Crippen LogP contribution >= 0.6 is 0 Å². The molecule has 2 fully saturated rings. The predicted octanol–water partition coefficient (Wildman–Crippen LogP) is 1.75. The van der Waals surface area contributed by atoms with Crippen LogP contribution in [0.1, 0.15) is 52.9 Å². The first-order valence-corrected chi connectivity index (χ1v) is 8.29. The normalized spacial score (nSPS) is 30.0. The van der Waals surface area contributed by atoms with Gasteiger partial charge in [0.15, 0.2) is 5.84 Å². The van der Waals surface area contributed by atoms with Crippen LogP contribution in [-0.2, 0) is 19.1 Å². The molecule has 0 aromatic heterocycles. The Labute approximate surface area is 140 Å². The Kier molecular flexibility index (Phi) is 4.38. The molecule has 1 aliphatic carbocycles. The monoisotopic (exact) mass is 334 g/mol. The molecule has 1 spiro atoms. The summed E-state index contributed by atoms with van der Waals surface area (Å²) in [5.74, 6) is -1.03. The van der Waals surface area contributed by atoms with Gasteiger partial charge in [-0.2, -0.15) is 10.2 Å². The number of hydrogen-bond donors (Lipinski definition) is 1. The SMILES string of the molecule is CC1=NN=C(NN=C2C(=O)OC3(CCC(C(C)C)CC3)OC2=O)C1. The van der Waals surface area contributed by atoms with Crippen molar-refractivity contribution in [1.29, 1.82) is 0 Å². The van der Waals surface area contributed by atoms with Gasteiger partial charge in [0.25, 0.3) is 11.5 Å². The fourth-order valence-corrected chi connectivity index (χ4v) is 3.22. The lowest BCUT2D eigenvalue weighted by molar-refractivity contribution is -0.240. The quantitative estimate of drug-likeness (QED) is 0.612. The number of esters is 2. The molecule has 0 atom stereocenters. The van der Waals surface area contributed by atoms with Crippen molar-refractivity contribution >= 4 is 29.2 Å². The molecule has 0 amide bonds. The van der Waals surface area contributed by atoms with Crippen LogP contribution in [0.15, 0.2) is 15.3 Å². The van der Waals surface area contributed by atoms with E-state index < -0.39 is 17.7 Å². The van der Waals surface area contributed by atoms with Gasteiger partial charge in [-0.25, -0.2) is 9.59 Å². The van der Waals surface area contributed by atoms with Crippen LogP contribution in [0, 0.1) is 11.8 Å². The summed E-state index contributed by atoms with van der Waals surface area (Å²) in [6.07, 6.45) is 3.32. The molecule has 1 saturated heterocycles. The molecule has 1 N–H and O–H groups in total. The second-order valence-electron chi connectivity index (χ2n) is 6.90. The molecule has 0 radical (unpaired) electrons. The number of rotatable bonds is 2. The number of hydrogen-bond acceptors (Lipinski definition) is 8. The maximum atomic E-state index is 12.2. The number of carbonyl (C=O) groups excluding carboxylic acids is 2. The molecule has 3 rings (SSSR count). The second-order valence-corrected chi connectivity index (χ2v) is 6.90. The van der Waals surface area contributed by atoms with Gasteiger partial charge < -0.3 is 9.47 Å². The minimum atomic E-state index is -1.12. The molecule has 8 nitrogen and oxygen atoms in total. The number of hydrazone groups is 1. The van der Waals surface area contributed by atoms with Crippen molar-refractivity contribution in [2.45, 2.75) is 58.7 Å². The standard InChI is InChI=1S/C16H22N4O4/c1-9(2)11-4-6-16(7-5-11)23-14(21)13(15(22)24-16)20-19-12-8-10(3)17-18-12/h9,11H,4-8H2,1-3H3,(H,18,19). The fourth-order valence-electron chi connectivity index (χ4n) is 3.22. The number of nitrogens with one attached hydrogen (secondary N) is 1. The van der Waals surface area contributed by atoms with Crippen molar-refractivity contribution in [1.82, 2.24) is 5.43 Å². The van der Waals surface area contributed by atoms with Crippen LogP contribution in [0.5, 0.6) is 0 Å². The van der Waals surface area contributed by atoms with Crippen LogP contribution in [0.25, 0.3) is 0 Å². The summed E-state index contributed by atoms with van der Waals surface area (Å²) in [5.41, 5.74) is 3.01. The number of carbonyl (C=O) groups is 2. The lowest BCUT2D eigenvalue weighted by Gasteiger charge is -2.41. The molecule has 2 heterocycles. The molecular formula is C16H22N4O4. The number of nitrogens with zero attached hydrogens (tertiary/aromatic N) is 3. The van der Waals surface area contributed by atoms with Gasteiger partial charge in [-0.1, -0.05) is 13.8 Å². The van der Waals surface area contributed by atoms with E-state index in [1.54, 1.807) is 0 Å². The average molecular weight is 334 g/mol. The zero-order valence-electron chi connectivity index (χ0n) is 14.2. The summed E-state index contributed by atoms with van der Waals surface area (Å²) in [7, 11) is 0. The van der Waals surface area contributed by atoms with Crippen LogP contribution in [0.2, 0.25) is 0 Å². The topological polar surface area (TPSA) is 102 Å². The highest BCUT2D eigenvalue weighted by Gasteiger charge is 2.49. The van der Waals surface area contributed by atoms with E-state index in [0.717, 1.165) is 18.6 Å². The molecule has 24 heavy (non-hydrogen) atoms. The van der Waals surface area contributed by atoms with E-state index in [4.69, 9.17) is 9.47 Å². The van der Waals surface area contributed by atoms with Gasteiger partial charge in [-0.05, 0) is 31.6 Å². The van der Waals surface area contributed by atoms with Crippen molar-refractivity contribution in [2.75, 3.05) is 0 Å². The molecule has 2 aliphatic heterocycles. The zero-order valence-corrected chi connectivity index (χ0v) is 14.2. The van der Waals surface area contributed by atoms with Crippen LogP contribution < -0.4 is 5.43 Å². The summed E-state index contributed by atoms with van der Waals surface area (Å²) < 4.78 is 10.9. The third-order valence-corrected chi connectivity index (χ3v) is 4.74. The first kappa shape index (κ1) is 16.6. The lowest BCUT2D eigenvalue weighted by atomic mass is 9.79. The molecule has 0 bridgehead atoms. The Balaban J connectivity index is 1.63. The smallest absolute Gasteiger partial charge is 0.369 e. The molecule has 0 unspecified atom stereocenters. The third kappa shape index (κ3) is 3.32. The van der Waals surface area contributed by atoms with Crippen molar-refractivity contribution < 1.29 is 19.1 Å². The van der Waals surface area contributed by atoms with Crippen molar-refractivity contribution in [2.24, 2.45) is 27.1 Å². The molecule has 8 heteroatoms. The minimum absolute atomic E-state index is 0.390. The highest BCUT2D eigenvalue weighted by Crippen LogP contribution is 2.40. The summed E-state index contributed by atoms with van der Waals surface area (Å²) in [5, 5.41) is 11.5. The highest BCUT2D eigenvalue weighted by atomic mass is 16.7. The van der Waals surface area contributed by atoms with E-state index >= 15 is 0 Å². The van der Waals surface area contributed by atoms with Crippen LogP contribution in [-0.4, -0.2) is 35.0 Å². The molecule has 0 aromatic rings. The first-order chi connectivity index (χ1) is 11.4. The van der Waals surface area contributed by atoms with E-state index in [1.165, 1.54) is 0 Å². The van der Waals surface area contributed by atoms with Gasteiger partial charge in [0.05, 0.1) is 0 Å². The zero-order chi connectivity index (χ0) is 17.3. The third-order valence-electron chi connectivity index (χ3n) is 4.74. The van der Waals surface area contributed by atoms with Gasteiger partial charge in [0.2, 0.25) is 0 Å². The summed E-state index contributed by atoms with van der Waals surface area (Å²) in [4.78, 5) is 24.4. The van der Waals surface area contributed by atoms with Crippen LogP contribution in [0.4, 0.5) is 0 Å². The van der Waals surface area contributed by atoms with Gasteiger partial charge in [0.1, 0.15) is 0 Å². The van der Waals surface area contributed by atoms with Gasteiger partial charge in [-0.3, -0.25) is 5.43 Å². The Hall–Kier alpha value is -2.25. The van der Waals surface area contributed by atoms with Crippen molar-refractivity contribution in [3.05, 3.63) is 0 Å². The van der Waals surface area contributed by atoms with Crippen molar-refractivity contribution in [3.63, 3.8) is 0 Å². The van der Waals surface area contributed by atoms with Gasteiger partial charge >= 0.3 is 11.9 Å². The lowest BCUT2D eigenvalue weighted by Crippen LogP contribution is -2.52. The van der Waals surface area contributed by atoms with E-state index in [2.05, 4.69) is 34.6 Å². The average Bonchev–Trinajstić information content (AvgIpc) is 2.92. The largest absolute Gasteiger partial charge is 0.417 e. The first-order valence-electron chi connectivity index (χ1n) is 8.29. The number of ether oxygens (including phenoxy) is 2. The van der Waals surface area contributed by atoms with Gasteiger partial charge in [-0.15, -0.1) is 5.10 Å². The predicted molar refractivity (Wildman–Crippen MR) is 87.4 cm³/mol. The van der Waals surface area contributed by atoms with E-state index in [9.17, 15) is 9.59 Å². The summed E-state index contributed by atoms with van der Waals surface area (Å²) in [6.45, 7) is 6.18. The molecule has 3 aliphatic rings. The van der Waals surface area contributed by atoms with Crippen molar-refractivity contribution in [3.8, 4) is 0 Å². The van der Waals surface area contributed by atoms with Gasteiger partial charge in [0, 0.05) is 25.0 Å². The number of amidine groups is 1. The molecule has 130 valence electrons. The molecule has 1 saturated carbocycles. The summed E-state index contributed by atoms with van der Waals surface area (Å²) >= 11 is 0.